The molecule has 2 rings (SSSR count). The van der Waals surface area contributed by atoms with E-state index in [-0.39, 0.29) is 17.9 Å². The van der Waals surface area contributed by atoms with Crippen LogP contribution in [0.25, 0.3) is 0 Å². The van der Waals surface area contributed by atoms with Gasteiger partial charge in [-0.2, -0.15) is 0 Å². The van der Waals surface area contributed by atoms with Gasteiger partial charge in [0.05, 0.1) is 12.5 Å². The molecular weight excluding hydrogens is 268 g/mol. The average molecular weight is 288 g/mol. The third-order valence-electron chi connectivity index (χ3n) is 3.49. The quantitative estimate of drug-likeness (QED) is 0.617. The summed E-state index contributed by atoms with van der Waals surface area (Å²) in [7, 11) is 0. The van der Waals surface area contributed by atoms with Gasteiger partial charge in [0, 0.05) is 6.08 Å². The molecule has 4 heteroatoms. The fraction of sp³-hybridized carbons (Fsp3) is 0.412. The third kappa shape index (κ3) is 4.74. The van der Waals surface area contributed by atoms with E-state index in [0.29, 0.717) is 19.6 Å². The summed E-state index contributed by atoms with van der Waals surface area (Å²) in [6.07, 6.45) is 3.59. The molecule has 112 valence electrons. The highest BCUT2D eigenvalue weighted by atomic mass is 16.5. The normalized spacial score (nSPS) is 19.5. The summed E-state index contributed by atoms with van der Waals surface area (Å²) in [6, 6.07) is 9.61. The standard InChI is InChI=1S/C17H20O4/c1-2-20-16(18)11-14-8-9-15(10-14)17(19)21-12-13-6-4-3-5-7-13/h3-7,11,15H,2,8-10,12H2,1H3. The van der Waals surface area contributed by atoms with Crippen LogP contribution in [0.4, 0.5) is 0 Å². The predicted octanol–water partition coefficient (Wildman–Crippen LogP) is 3.02. The summed E-state index contributed by atoms with van der Waals surface area (Å²) < 4.78 is 10.2. The van der Waals surface area contributed by atoms with Crippen molar-refractivity contribution in [2.75, 3.05) is 6.61 Å². The summed E-state index contributed by atoms with van der Waals surface area (Å²) >= 11 is 0. The minimum Gasteiger partial charge on any atom is -0.463 e. The zero-order valence-corrected chi connectivity index (χ0v) is 12.2. The lowest BCUT2D eigenvalue weighted by atomic mass is 10.1. The summed E-state index contributed by atoms with van der Waals surface area (Å²) in [5.41, 5.74) is 1.95. The number of esters is 2. The predicted molar refractivity (Wildman–Crippen MR) is 78.3 cm³/mol. The molecule has 1 aromatic carbocycles. The average Bonchev–Trinajstić information content (AvgIpc) is 2.94. The van der Waals surface area contributed by atoms with Crippen molar-refractivity contribution in [2.24, 2.45) is 5.92 Å². The van der Waals surface area contributed by atoms with Gasteiger partial charge in [-0.1, -0.05) is 35.9 Å². The van der Waals surface area contributed by atoms with E-state index < -0.39 is 0 Å². The van der Waals surface area contributed by atoms with E-state index in [1.54, 1.807) is 6.92 Å². The van der Waals surface area contributed by atoms with E-state index in [9.17, 15) is 9.59 Å². The molecule has 1 fully saturated rings. The summed E-state index contributed by atoms with van der Waals surface area (Å²) in [6.45, 7) is 2.44. The molecule has 0 heterocycles. The fourth-order valence-corrected chi connectivity index (χ4v) is 2.41. The van der Waals surface area contributed by atoms with Crippen LogP contribution in [-0.2, 0) is 25.7 Å². The Labute approximate surface area is 124 Å². The van der Waals surface area contributed by atoms with Crippen molar-refractivity contribution in [1.29, 1.82) is 0 Å². The molecule has 1 aliphatic carbocycles. The van der Waals surface area contributed by atoms with Crippen molar-refractivity contribution in [3.05, 3.63) is 47.5 Å². The molecule has 1 aliphatic rings. The van der Waals surface area contributed by atoms with Crippen LogP contribution in [0.3, 0.4) is 0 Å². The van der Waals surface area contributed by atoms with Crippen LogP contribution in [0.1, 0.15) is 31.7 Å². The SMILES string of the molecule is CCOC(=O)C=C1CCC(C(=O)OCc2ccccc2)C1. The van der Waals surface area contributed by atoms with Gasteiger partial charge in [0.2, 0.25) is 0 Å². The maximum absolute atomic E-state index is 12.0. The zero-order valence-electron chi connectivity index (χ0n) is 12.2. The number of allylic oxidation sites excluding steroid dienone is 1. The van der Waals surface area contributed by atoms with E-state index >= 15 is 0 Å². The maximum Gasteiger partial charge on any atom is 0.330 e. The van der Waals surface area contributed by atoms with E-state index in [0.717, 1.165) is 24.0 Å². The topological polar surface area (TPSA) is 52.6 Å². The Balaban J connectivity index is 1.81. The van der Waals surface area contributed by atoms with Crippen molar-refractivity contribution in [1.82, 2.24) is 0 Å². The van der Waals surface area contributed by atoms with Crippen LogP contribution in [0.5, 0.6) is 0 Å². The lowest BCUT2D eigenvalue weighted by molar-refractivity contribution is -0.149. The molecule has 1 unspecified atom stereocenters. The highest BCUT2D eigenvalue weighted by Crippen LogP contribution is 2.31. The molecule has 0 aliphatic heterocycles. The van der Waals surface area contributed by atoms with Crippen LogP contribution < -0.4 is 0 Å². The van der Waals surface area contributed by atoms with Gasteiger partial charge in [-0.25, -0.2) is 4.79 Å². The number of carbonyl (C=O) groups is 2. The Morgan fingerprint density at radius 1 is 1.24 bits per heavy atom. The molecule has 21 heavy (non-hydrogen) atoms. The number of rotatable bonds is 5. The Hall–Kier alpha value is -2.10. The van der Waals surface area contributed by atoms with Gasteiger partial charge in [0.1, 0.15) is 6.61 Å². The van der Waals surface area contributed by atoms with Crippen molar-refractivity contribution >= 4 is 11.9 Å². The molecule has 0 amide bonds. The molecular formula is C17H20O4. The highest BCUT2D eigenvalue weighted by Gasteiger charge is 2.27. The van der Waals surface area contributed by atoms with Gasteiger partial charge in [0.25, 0.3) is 0 Å². The smallest absolute Gasteiger partial charge is 0.330 e. The van der Waals surface area contributed by atoms with Gasteiger partial charge >= 0.3 is 11.9 Å². The Morgan fingerprint density at radius 3 is 2.71 bits per heavy atom. The number of carbonyl (C=O) groups excluding carboxylic acids is 2. The second kappa shape index (κ2) is 7.62. The third-order valence-corrected chi connectivity index (χ3v) is 3.49. The fourth-order valence-electron chi connectivity index (χ4n) is 2.41. The maximum atomic E-state index is 12.0. The largest absolute Gasteiger partial charge is 0.463 e. The van der Waals surface area contributed by atoms with Crippen LogP contribution in [0.2, 0.25) is 0 Å². The van der Waals surface area contributed by atoms with Gasteiger partial charge in [-0.15, -0.1) is 0 Å². The van der Waals surface area contributed by atoms with Gasteiger partial charge < -0.3 is 9.47 Å². The first kappa shape index (κ1) is 15.3. The Morgan fingerprint density at radius 2 is 2.00 bits per heavy atom. The Kier molecular flexibility index (Phi) is 5.55. The lowest BCUT2D eigenvalue weighted by Crippen LogP contribution is -2.14. The Bertz CT molecular complexity index is 519. The molecule has 0 N–H and O–H groups in total. The van der Waals surface area contributed by atoms with Gasteiger partial charge in [0.15, 0.2) is 0 Å². The molecule has 0 saturated heterocycles. The van der Waals surface area contributed by atoms with Crippen LogP contribution in [0, 0.1) is 5.92 Å². The molecule has 4 nitrogen and oxygen atoms in total. The van der Waals surface area contributed by atoms with Gasteiger partial charge in [-0.3, -0.25) is 4.79 Å². The van der Waals surface area contributed by atoms with Crippen molar-refractivity contribution in [2.45, 2.75) is 32.8 Å². The minimum absolute atomic E-state index is 0.144. The molecule has 0 spiro atoms. The van der Waals surface area contributed by atoms with E-state index in [1.807, 2.05) is 30.3 Å². The number of hydrogen-bond donors (Lipinski definition) is 0. The summed E-state index contributed by atoms with van der Waals surface area (Å²) in [4.78, 5) is 23.4. The molecule has 1 aromatic rings. The molecule has 0 radical (unpaired) electrons. The number of hydrogen-bond acceptors (Lipinski definition) is 4. The molecule has 0 bridgehead atoms. The monoisotopic (exact) mass is 288 g/mol. The molecule has 1 atom stereocenters. The van der Waals surface area contributed by atoms with Crippen LogP contribution in [-0.4, -0.2) is 18.5 Å². The van der Waals surface area contributed by atoms with E-state index in [4.69, 9.17) is 9.47 Å². The summed E-state index contributed by atoms with van der Waals surface area (Å²) in [5, 5.41) is 0. The van der Waals surface area contributed by atoms with E-state index in [1.165, 1.54) is 6.08 Å². The van der Waals surface area contributed by atoms with Crippen LogP contribution >= 0.6 is 0 Å². The van der Waals surface area contributed by atoms with Crippen molar-refractivity contribution in [3.8, 4) is 0 Å². The van der Waals surface area contributed by atoms with Crippen molar-refractivity contribution in [3.63, 3.8) is 0 Å². The first-order valence-corrected chi connectivity index (χ1v) is 7.25. The van der Waals surface area contributed by atoms with Crippen molar-refractivity contribution < 1.29 is 19.1 Å². The zero-order chi connectivity index (χ0) is 15.1. The lowest BCUT2D eigenvalue weighted by Gasteiger charge is -2.09. The first-order valence-electron chi connectivity index (χ1n) is 7.25. The molecule has 0 aromatic heterocycles. The first-order chi connectivity index (χ1) is 10.2. The van der Waals surface area contributed by atoms with Gasteiger partial charge in [-0.05, 0) is 31.7 Å². The number of ether oxygens (including phenoxy) is 2. The second-order valence-electron chi connectivity index (χ2n) is 5.09. The number of benzene rings is 1. The highest BCUT2D eigenvalue weighted by molar-refractivity contribution is 5.83. The van der Waals surface area contributed by atoms with Crippen LogP contribution in [0.15, 0.2) is 42.0 Å². The molecule has 1 saturated carbocycles. The minimum atomic E-state index is -0.328. The van der Waals surface area contributed by atoms with E-state index in [2.05, 4.69) is 0 Å². The second-order valence-corrected chi connectivity index (χ2v) is 5.09. The summed E-state index contributed by atoms with van der Waals surface area (Å²) in [5.74, 6) is -0.661.